The van der Waals surface area contributed by atoms with E-state index in [4.69, 9.17) is 29.4 Å². The van der Waals surface area contributed by atoms with Gasteiger partial charge in [-0.05, 0) is 84.3 Å². The molecule has 4 aromatic carbocycles. The van der Waals surface area contributed by atoms with Crippen LogP contribution in [-0.2, 0) is 32.2 Å². The number of hydrogen-bond donors (Lipinski definition) is 2. The number of benzene rings is 4. The summed E-state index contributed by atoms with van der Waals surface area (Å²) in [6.07, 6.45) is 2.41. The fraction of sp³-hybridized carbons (Fsp3) is 0.293. The van der Waals surface area contributed by atoms with Crippen LogP contribution in [0.1, 0.15) is 77.8 Å². The highest BCUT2D eigenvalue weighted by molar-refractivity contribution is 6.02. The van der Waals surface area contributed by atoms with Crippen LogP contribution in [-0.4, -0.2) is 82.6 Å². The average molecular weight is 792 g/mol. The maximum atomic E-state index is 13.5. The van der Waals surface area contributed by atoms with Crippen molar-refractivity contribution >= 4 is 29.1 Å². The van der Waals surface area contributed by atoms with Crippen LogP contribution in [0.3, 0.4) is 0 Å². The molecule has 0 aliphatic heterocycles. The molecule has 1 unspecified atom stereocenters. The number of hydrogen-bond acceptors (Lipinski definition) is 15. The fourth-order valence-corrected chi connectivity index (χ4v) is 6.79. The Morgan fingerprint density at radius 2 is 1.64 bits per heavy atom. The second-order valence-corrected chi connectivity index (χ2v) is 13.5. The third-order valence-electron chi connectivity index (χ3n) is 9.46. The molecule has 7 rings (SSSR count). The van der Waals surface area contributed by atoms with E-state index in [9.17, 15) is 14.4 Å². The molecule has 1 atom stereocenters. The monoisotopic (exact) mass is 791 g/mol. The molecule has 17 nitrogen and oxygen atoms in total. The smallest absolute Gasteiger partial charge is 0.465 e. The zero-order chi connectivity index (χ0) is 40.6. The predicted octanol–water partition coefficient (Wildman–Crippen LogP) is 6.99. The van der Waals surface area contributed by atoms with Gasteiger partial charge < -0.3 is 18.9 Å². The Hall–Kier alpha value is -6.53. The van der Waals surface area contributed by atoms with Gasteiger partial charge in [0.15, 0.2) is 0 Å². The van der Waals surface area contributed by atoms with Gasteiger partial charge in [-0.3, -0.25) is 19.8 Å². The summed E-state index contributed by atoms with van der Waals surface area (Å²) in [5, 5.41) is 29.8. The standard InChI is InChI=1S/C41H41N7O10/c1-3-54-40-42-35-18-10-17-34(39(50)56-26(2)57-41(51)58-31-13-5-4-6-14-31)36(35)46(40)24-27-19-21-29(22-20-27)32-15-7-8-16-33(32)37-43-45-47(44-37)38(49)30-12-9-11-28(23-30)25-55-48(52)53/h7-12,15-23,26,31,52-53H,3-6,13-14,24-25H2,1-2H3. The summed E-state index contributed by atoms with van der Waals surface area (Å²) < 4.78 is 23.9. The van der Waals surface area contributed by atoms with E-state index >= 15 is 0 Å². The zero-order valence-corrected chi connectivity index (χ0v) is 31.8. The van der Waals surface area contributed by atoms with Gasteiger partial charge in [0.2, 0.25) is 12.1 Å². The zero-order valence-electron chi connectivity index (χ0n) is 31.8. The van der Waals surface area contributed by atoms with Gasteiger partial charge in [0.25, 0.3) is 11.9 Å². The van der Waals surface area contributed by atoms with E-state index in [1.165, 1.54) is 13.0 Å². The number of carbonyl (C=O) groups is 3. The van der Waals surface area contributed by atoms with E-state index in [2.05, 4.69) is 25.2 Å². The number of carbonyl (C=O) groups excluding carboxylic acids is 3. The van der Waals surface area contributed by atoms with Gasteiger partial charge in [0, 0.05) is 18.1 Å². The van der Waals surface area contributed by atoms with Gasteiger partial charge in [-0.2, -0.15) is 4.98 Å². The van der Waals surface area contributed by atoms with Crippen molar-refractivity contribution in [1.82, 2.24) is 35.1 Å². The van der Waals surface area contributed by atoms with Crippen molar-refractivity contribution in [2.75, 3.05) is 6.61 Å². The Balaban J connectivity index is 1.08. The Labute approximate surface area is 332 Å². The third kappa shape index (κ3) is 9.35. The van der Waals surface area contributed by atoms with Crippen LogP contribution >= 0.6 is 0 Å². The van der Waals surface area contributed by atoms with Crippen LogP contribution < -0.4 is 4.74 Å². The number of imidazole rings is 1. The number of esters is 1. The highest BCUT2D eigenvalue weighted by Gasteiger charge is 2.25. The molecule has 58 heavy (non-hydrogen) atoms. The molecule has 2 heterocycles. The third-order valence-corrected chi connectivity index (χ3v) is 9.46. The van der Waals surface area contributed by atoms with Crippen molar-refractivity contribution in [2.24, 2.45) is 0 Å². The number of aromatic nitrogens is 6. The van der Waals surface area contributed by atoms with E-state index in [1.54, 1.807) is 41.0 Å². The molecular weight excluding hydrogens is 750 g/mol. The SMILES string of the molecule is CCOc1nc2cccc(C(=O)OC(C)OC(=O)OC3CCCCC3)c2n1Cc1ccc(-c2ccccc2-c2nnn(C(=O)c3cccc(CON(O)O)c3)n2)cc1. The van der Waals surface area contributed by atoms with Crippen molar-refractivity contribution < 1.29 is 48.6 Å². The molecule has 17 heteroatoms. The van der Waals surface area contributed by atoms with Crippen LogP contribution in [0.4, 0.5) is 4.79 Å². The number of para-hydroxylation sites is 1. The summed E-state index contributed by atoms with van der Waals surface area (Å²) >= 11 is 0. The van der Waals surface area contributed by atoms with Gasteiger partial charge in [-0.1, -0.05) is 77.9 Å². The summed E-state index contributed by atoms with van der Waals surface area (Å²) in [5.41, 5.74) is 5.15. The van der Waals surface area contributed by atoms with Crippen molar-refractivity contribution in [3.63, 3.8) is 0 Å². The average Bonchev–Trinajstić information content (AvgIpc) is 3.86. The normalized spacial score (nSPS) is 13.7. The van der Waals surface area contributed by atoms with E-state index in [-0.39, 0.29) is 29.7 Å². The minimum Gasteiger partial charge on any atom is -0.465 e. The maximum absolute atomic E-state index is 13.5. The number of rotatable bonds is 14. The molecule has 0 radical (unpaired) electrons. The predicted molar refractivity (Wildman–Crippen MR) is 204 cm³/mol. The molecule has 1 saturated carbocycles. The Morgan fingerprint density at radius 1 is 0.879 bits per heavy atom. The van der Waals surface area contributed by atoms with E-state index < -0.39 is 29.7 Å². The first-order chi connectivity index (χ1) is 28.2. The minimum atomic E-state index is -1.19. The molecule has 1 aliphatic rings. The van der Waals surface area contributed by atoms with Crippen LogP contribution in [0.5, 0.6) is 6.01 Å². The molecule has 0 saturated heterocycles. The molecule has 300 valence electrons. The van der Waals surface area contributed by atoms with Gasteiger partial charge in [0.1, 0.15) is 6.10 Å². The van der Waals surface area contributed by atoms with Gasteiger partial charge in [-0.15, -0.1) is 10.2 Å². The quantitative estimate of drug-likeness (QED) is 0.0648. The van der Waals surface area contributed by atoms with Gasteiger partial charge in [-0.25, -0.2) is 14.4 Å². The number of tetrazole rings is 1. The molecule has 0 amide bonds. The summed E-state index contributed by atoms with van der Waals surface area (Å²) in [4.78, 5) is 49.4. The number of nitrogens with zero attached hydrogens (tertiary/aromatic N) is 7. The summed E-state index contributed by atoms with van der Waals surface area (Å²) in [6, 6.07) is 27.0. The second-order valence-electron chi connectivity index (χ2n) is 13.5. The molecule has 1 aliphatic carbocycles. The first-order valence-electron chi connectivity index (χ1n) is 18.8. The lowest BCUT2D eigenvalue weighted by Gasteiger charge is -2.22. The van der Waals surface area contributed by atoms with E-state index in [1.807, 2.05) is 55.5 Å². The minimum absolute atomic E-state index is 0.186. The highest BCUT2D eigenvalue weighted by Crippen LogP contribution is 2.32. The number of ether oxygens (including phenoxy) is 4. The highest BCUT2D eigenvalue weighted by atomic mass is 17.1. The van der Waals surface area contributed by atoms with Gasteiger partial charge >= 0.3 is 12.1 Å². The molecular formula is C41H41N7O10. The van der Waals surface area contributed by atoms with E-state index in [0.717, 1.165) is 53.6 Å². The summed E-state index contributed by atoms with van der Waals surface area (Å²) in [5.74, 6) is -1.01. The van der Waals surface area contributed by atoms with Crippen molar-refractivity contribution in [1.29, 1.82) is 0 Å². The van der Waals surface area contributed by atoms with Crippen molar-refractivity contribution in [2.45, 2.75) is 71.5 Å². The van der Waals surface area contributed by atoms with Gasteiger partial charge in [0.05, 0.1) is 41.7 Å². The largest absolute Gasteiger partial charge is 0.511 e. The van der Waals surface area contributed by atoms with Crippen LogP contribution in [0.2, 0.25) is 0 Å². The van der Waals surface area contributed by atoms with Crippen molar-refractivity contribution in [3.05, 3.63) is 113 Å². The maximum Gasteiger partial charge on any atom is 0.511 e. The van der Waals surface area contributed by atoms with Crippen LogP contribution in [0, 0.1) is 0 Å². The molecule has 2 aromatic heterocycles. The molecule has 2 N–H and O–H groups in total. The first-order valence-corrected chi connectivity index (χ1v) is 18.8. The summed E-state index contributed by atoms with van der Waals surface area (Å²) in [7, 11) is 0. The summed E-state index contributed by atoms with van der Waals surface area (Å²) in [6.45, 7) is 3.76. The van der Waals surface area contributed by atoms with Crippen LogP contribution in [0.15, 0.2) is 91.0 Å². The van der Waals surface area contributed by atoms with E-state index in [0.29, 0.717) is 41.3 Å². The molecule has 6 aromatic rings. The topological polar surface area (TPSA) is 202 Å². The Bertz CT molecular complexity index is 2390. The van der Waals surface area contributed by atoms with Crippen LogP contribution in [0.25, 0.3) is 33.5 Å². The fourth-order valence-electron chi connectivity index (χ4n) is 6.79. The lowest BCUT2D eigenvalue weighted by Crippen LogP contribution is -2.26. The molecule has 0 spiro atoms. The number of fused-ring (bicyclic) bond motifs is 1. The lowest BCUT2D eigenvalue weighted by atomic mass is 9.98. The second kappa shape index (κ2) is 18.2. The molecule has 1 fully saturated rings. The molecule has 0 bridgehead atoms. The Morgan fingerprint density at radius 3 is 2.40 bits per heavy atom. The Kier molecular flexibility index (Phi) is 12.4. The van der Waals surface area contributed by atoms with Crippen molar-refractivity contribution in [3.8, 4) is 28.5 Å². The lowest BCUT2D eigenvalue weighted by molar-refractivity contribution is -0.497. The first kappa shape index (κ1) is 39.7.